The molecule has 0 amide bonds. The Morgan fingerprint density at radius 1 is 1.14 bits per heavy atom. The summed E-state index contributed by atoms with van der Waals surface area (Å²) in [6, 6.07) is 9.86. The first-order valence-corrected chi connectivity index (χ1v) is 6.96. The van der Waals surface area contributed by atoms with Crippen molar-refractivity contribution in [2.24, 2.45) is 0 Å². The Morgan fingerprint density at radius 3 is 2.81 bits per heavy atom. The monoisotopic (exact) mass is 287 g/mol. The van der Waals surface area contributed by atoms with Gasteiger partial charge in [-0.05, 0) is 12.1 Å². The van der Waals surface area contributed by atoms with Crippen molar-refractivity contribution in [1.82, 2.24) is 15.3 Å². The molecule has 0 aliphatic heterocycles. The summed E-state index contributed by atoms with van der Waals surface area (Å²) >= 11 is 0. The van der Waals surface area contributed by atoms with Crippen LogP contribution in [0.1, 0.15) is 17.1 Å². The van der Waals surface area contributed by atoms with Gasteiger partial charge in [0.25, 0.3) is 0 Å². The van der Waals surface area contributed by atoms with Crippen molar-refractivity contribution in [3.63, 3.8) is 0 Å². The second-order valence-electron chi connectivity index (χ2n) is 4.62. The molecule has 1 aromatic carbocycles. The largest absolute Gasteiger partial charge is 0.496 e. The summed E-state index contributed by atoms with van der Waals surface area (Å²) in [5, 5.41) is 3.28. The molecule has 0 spiro atoms. The van der Waals surface area contributed by atoms with E-state index in [9.17, 15) is 0 Å². The molecule has 0 unspecified atom stereocenters. The summed E-state index contributed by atoms with van der Waals surface area (Å²) in [4.78, 5) is 8.91. The second kappa shape index (κ2) is 8.34. The topological polar surface area (TPSA) is 56.3 Å². The predicted molar refractivity (Wildman–Crippen MR) is 81.4 cm³/mol. The summed E-state index contributed by atoms with van der Waals surface area (Å²) in [7, 11) is 3.37. The smallest absolute Gasteiger partial charge is 0.133 e. The van der Waals surface area contributed by atoms with E-state index in [4.69, 9.17) is 9.47 Å². The lowest BCUT2D eigenvalue weighted by Crippen LogP contribution is -2.19. The van der Waals surface area contributed by atoms with Crippen molar-refractivity contribution in [2.75, 3.05) is 27.4 Å². The lowest BCUT2D eigenvalue weighted by atomic mass is 10.1. The molecule has 0 aliphatic carbocycles. The third-order valence-corrected chi connectivity index (χ3v) is 3.09. The van der Waals surface area contributed by atoms with Gasteiger partial charge in [0, 0.05) is 38.4 Å². The summed E-state index contributed by atoms with van der Waals surface area (Å²) in [6.07, 6.45) is 2.46. The van der Waals surface area contributed by atoms with Crippen molar-refractivity contribution >= 4 is 0 Å². The van der Waals surface area contributed by atoms with Crippen molar-refractivity contribution < 1.29 is 9.47 Å². The molecule has 0 bridgehead atoms. The number of benzene rings is 1. The summed E-state index contributed by atoms with van der Waals surface area (Å²) in [6.45, 7) is 2.21. The number of nitrogens with zero attached hydrogens (tertiary/aromatic N) is 2. The van der Waals surface area contributed by atoms with E-state index in [0.717, 1.165) is 29.4 Å². The zero-order valence-corrected chi connectivity index (χ0v) is 12.5. The molecule has 5 nitrogen and oxygen atoms in total. The number of ether oxygens (including phenoxy) is 2. The first-order valence-electron chi connectivity index (χ1n) is 6.96. The minimum absolute atomic E-state index is 0.663. The fourth-order valence-electron chi connectivity index (χ4n) is 2.03. The van der Waals surface area contributed by atoms with E-state index in [1.807, 2.05) is 30.3 Å². The van der Waals surface area contributed by atoms with Gasteiger partial charge in [-0.3, -0.25) is 0 Å². The van der Waals surface area contributed by atoms with Crippen LogP contribution in [0.15, 0.2) is 36.5 Å². The second-order valence-corrected chi connectivity index (χ2v) is 4.62. The molecule has 0 saturated carbocycles. The lowest BCUT2D eigenvalue weighted by molar-refractivity contribution is 0.199. The normalized spacial score (nSPS) is 10.6. The summed E-state index contributed by atoms with van der Waals surface area (Å²) < 4.78 is 10.4. The van der Waals surface area contributed by atoms with Crippen LogP contribution in [0.25, 0.3) is 0 Å². The number of para-hydroxylation sites is 1. The molecule has 0 fully saturated rings. The Kier molecular flexibility index (Phi) is 6.12. The lowest BCUT2D eigenvalue weighted by Gasteiger charge is -2.08. The Hall–Kier alpha value is -1.98. The van der Waals surface area contributed by atoms with Crippen LogP contribution in [0, 0.1) is 0 Å². The maximum absolute atomic E-state index is 5.36. The van der Waals surface area contributed by atoms with Gasteiger partial charge in [0.15, 0.2) is 0 Å². The highest BCUT2D eigenvalue weighted by Gasteiger charge is 2.06. The molecular weight excluding hydrogens is 266 g/mol. The number of hydrogen-bond donors (Lipinski definition) is 1. The standard InChI is InChI=1S/C16H21N3O2/c1-20-10-9-17-12-14-7-8-18-16(19-14)11-13-5-3-4-6-15(13)21-2/h3-8,17H,9-12H2,1-2H3. The molecule has 2 rings (SSSR count). The van der Waals surface area contributed by atoms with Crippen molar-refractivity contribution in [3.8, 4) is 5.75 Å². The molecule has 0 aliphatic rings. The molecule has 5 heteroatoms. The van der Waals surface area contributed by atoms with Crippen LogP contribution in [0.4, 0.5) is 0 Å². The molecular formula is C16H21N3O2. The van der Waals surface area contributed by atoms with E-state index >= 15 is 0 Å². The Morgan fingerprint density at radius 2 is 2.00 bits per heavy atom. The minimum Gasteiger partial charge on any atom is -0.496 e. The molecule has 1 N–H and O–H groups in total. The van der Waals surface area contributed by atoms with Crippen LogP contribution in [0.3, 0.4) is 0 Å². The molecule has 112 valence electrons. The minimum atomic E-state index is 0.663. The van der Waals surface area contributed by atoms with Crippen molar-refractivity contribution in [3.05, 3.63) is 53.6 Å². The number of aromatic nitrogens is 2. The van der Waals surface area contributed by atoms with E-state index in [-0.39, 0.29) is 0 Å². The maximum atomic E-state index is 5.36. The maximum Gasteiger partial charge on any atom is 0.133 e. The van der Waals surface area contributed by atoms with Crippen molar-refractivity contribution in [1.29, 1.82) is 0 Å². The Balaban J connectivity index is 2.00. The highest BCUT2D eigenvalue weighted by molar-refractivity contribution is 5.35. The summed E-state index contributed by atoms with van der Waals surface area (Å²) in [5.41, 5.74) is 2.07. The number of methoxy groups -OCH3 is 2. The number of rotatable bonds is 8. The van der Waals surface area contributed by atoms with Crippen LogP contribution < -0.4 is 10.1 Å². The number of nitrogens with one attached hydrogen (secondary N) is 1. The first-order chi connectivity index (χ1) is 10.3. The highest BCUT2D eigenvalue weighted by atomic mass is 16.5. The van der Waals surface area contributed by atoms with Crippen LogP contribution in [0.2, 0.25) is 0 Å². The average molecular weight is 287 g/mol. The van der Waals surface area contributed by atoms with Crippen LogP contribution in [-0.2, 0) is 17.7 Å². The molecule has 0 radical (unpaired) electrons. The van der Waals surface area contributed by atoms with Gasteiger partial charge in [0.1, 0.15) is 11.6 Å². The third-order valence-electron chi connectivity index (χ3n) is 3.09. The molecule has 0 saturated heterocycles. The van der Waals surface area contributed by atoms with Gasteiger partial charge in [-0.2, -0.15) is 0 Å². The van der Waals surface area contributed by atoms with E-state index < -0.39 is 0 Å². The highest BCUT2D eigenvalue weighted by Crippen LogP contribution is 2.19. The van der Waals surface area contributed by atoms with E-state index in [2.05, 4.69) is 15.3 Å². The predicted octanol–water partition coefficient (Wildman–Crippen LogP) is 1.81. The number of hydrogen-bond acceptors (Lipinski definition) is 5. The zero-order valence-electron chi connectivity index (χ0n) is 12.5. The Bertz CT molecular complexity index is 561. The van der Waals surface area contributed by atoms with E-state index in [0.29, 0.717) is 19.6 Å². The van der Waals surface area contributed by atoms with Gasteiger partial charge < -0.3 is 14.8 Å². The van der Waals surface area contributed by atoms with Gasteiger partial charge in [-0.25, -0.2) is 9.97 Å². The van der Waals surface area contributed by atoms with Gasteiger partial charge in [0.2, 0.25) is 0 Å². The third kappa shape index (κ3) is 4.81. The Labute approximate surface area is 125 Å². The molecule has 21 heavy (non-hydrogen) atoms. The van der Waals surface area contributed by atoms with Gasteiger partial charge in [-0.15, -0.1) is 0 Å². The average Bonchev–Trinajstić information content (AvgIpc) is 2.52. The first kappa shape index (κ1) is 15.4. The fourth-order valence-corrected chi connectivity index (χ4v) is 2.03. The van der Waals surface area contributed by atoms with Gasteiger partial charge in [-0.1, -0.05) is 18.2 Å². The molecule has 1 heterocycles. The van der Waals surface area contributed by atoms with Crippen molar-refractivity contribution in [2.45, 2.75) is 13.0 Å². The van der Waals surface area contributed by atoms with Crippen LogP contribution in [0.5, 0.6) is 5.75 Å². The van der Waals surface area contributed by atoms with Crippen LogP contribution >= 0.6 is 0 Å². The van der Waals surface area contributed by atoms with E-state index in [1.165, 1.54) is 0 Å². The quantitative estimate of drug-likeness (QED) is 0.750. The van der Waals surface area contributed by atoms with E-state index in [1.54, 1.807) is 20.4 Å². The fraction of sp³-hybridized carbons (Fsp3) is 0.375. The molecule has 0 atom stereocenters. The SMILES string of the molecule is COCCNCc1ccnc(Cc2ccccc2OC)n1. The van der Waals surface area contributed by atoms with Crippen LogP contribution in [-0.4, -0.2) is 37.3 Å². The van der Waals surface area contributed by atoms with Gasteiger partial charge >= 0.3 is 0 Å². The zero-order chi connectivity index (χ0) is 14.9. The summed E-state index contributed by atoms with van der Waals surface area (Å²) in [5.74, 6) is 1.66. The molecule has 1 aromatic heterocycles. The van der Waals surface area contributed by atoms with Gasteiger partial charge in [0.05, 0.1) is 19.4 Å². The molecule has 2 aromatic rings.